The van der Waals surface area contributed by atoms with Crippen molar-refractivity contribution in [2.75, 3.05) is 23.7 Å². The molecule has 6 heteroatoms. The summed E-state index contributed by atoms with van der Waals surface area (Å²) >= 11 is 12.1. The largest absolute Gasteiger partial charge is 0.397 e. The molecular weight excluding hydrogens is 319 g/mol. The maximum absolute atomic E-state index is 6.20. The zero-order valence-corrected chi connectivity index (χ0v) is 13.6. The second-order valence-electron chi connectivity index (χ2n) is 5.50. The Kier molecular flexibility index (Phi) is 4.71. The number of rotatable bonds is 4. The first-order valence-corrected chi connectivity index (χ1v) is 8.01. The van der Waals surface area contributed by atoms with Crippen molar-refractivity contribution in [2.24, 2.45) is 0 Å². The fourth-order valence-electron chi connectivity index (χ4n) is 2.64. The molecule has 4 nitrogen and oxygen atoms in total. The third-order valence-corrected chi connectivity index (χ3v) is 4.47. The van der Waals surface area contributed by atoms with E-state index in [1.54, 1.807) is 12.3 Å². The van der Waals surface area contributed by atoms with Crippen LogP contribution in [-0.4, -0.2) is 24.1 Å². The van der Waals surface area contributed by atoms with Crippen molar-refractivity contribution in [3.8, 4) is 0 Å². The van der Waals surface area contributed by atoms with Gasteiger partial charge in [-0.3, -0.25) is 0 Å². The summed E-state index contributed by atoms with van der Waals surface area (Å²) in [5.74, 6) is 0.975. The van der Waals surface area contributed by atoms with Gasteiger partial charge in [-0.1, -0.05) is 29.3 Å². The van der Waals surface area contributed by atoms with Gasteiger partial charge in [0.15, 0.2) is 0 Å². The van der Waals surface area contributed by atoms with Crippen LogP contribution in [0.15, 0.2) is 36.5 Å². The average Bonchev–Trinajstić information content (AvgIpc) is 2.96. The van der Waals surface area contributed by atoms with E-state index in [9.17, 15) is 0 Å². The third-order valence-electron chi connectivity index (χ3n) is 3.88. The van der Waals surface area contributed by atoms with E-state index in [-0.39, 0.29) is 0 Å². The molecule has 1 aliphatic rings. The number of aromatic nitrogens is 1. The van der Waals surface area contributed by atoms with Crippen molar-refractivity contribution in [3.63, 3.8) is 0 Å². The Bertz CT molecular complexity index is 645. The van der Waals surface area contributed by atoms with Gasteiger partial charge in [0.25, 0.3) is 0 Å². The molecule has 0 radical (unpaired) electrons. The summed E-state index contributed by atoms with van der Waals surface area (Å²) in [5.41, 5.74) is 7.43. The maximum Gasteiger partial charge on any atom is 0.128 e. The molecule has 0 spiro atoms. The van der Waals surface area contributed by atoms with Gasteiger partial charge in [0.05, 0.1) is 11.9 Å². The second-order valence-corrected chi connectivity index (χ2v) is 6.34. The lowest BCUT2D eigenvalue weighted by Crippen LogP contribution is -2.32. The highest BCUT2D eigenvalue weighted by atomic mass is 35.5. The van der Waals surface area contributed by atoms with E-state index in [0.29, 0.717) is 21.8 Å². The van der Waals surface area contributed by atoms with Crippen molar-refractivity contribution in [3.05, 3.63) is 52.1 Å². The molecule has 1 unspecified atom stereocenters. The summed E-state index contributed by atoms with van der Waals surface area (Å²) in [6.45, 7) is 2.66. The molecule has 0 saturated carbocycles. The van der Waals surface area contributed by atoms with Gasteiger partial charge in [-0.15, -0.1) is 0 Å². The van der Waals surface area contributed by atoms with Gasteiger partial charge in [-0.05, 0) is 36.2 Å². The Morgan fingerprint density at radius 1 is 1.27 bits per heavy atom. The van der Waals surface area contributed by atoms with Crippen LogP contribution in [0.5, 0.6) is 0 Å². The van der Waals surface area contributed by atoms with Crippen LogP contribution in [0.2, 0.25) is 10.0 Å². The summed E-state index contributed by atoms with van der Waals surface area (Å²) in [7, 11) is 0. The van der Waals surface area contributed by atoms with Gasteiger partial charge in [0.2, 0.25) is 0 Å². The smallest absolute Gasteiger partial charge is 0.128 e. The van der Waals surface area contributed by atoms with Crippen molar-refractivity contribution < 1.29 is 0 Å². The lowest BCUT2D eigenvalue weighted by Gasteiger charge is -2.18. The van der Waals surface area contributed by atoms with E-state index in [1.807, 2.05) is 24.3 Å². The molecule has 22 heavy (non-hydrogen) atoms. The summed E-state index contributed by atoms with van der Waals surface area (Å²) in [4.78, 5) is 6.64. The van der Waals surface area contributed by atoms with Gasteiger partial charge in [0.1, 0.15) is 5.82 Å². The average molecular weight is 337 g/mol. The van der Waals surface area contributed by atoms with E-state index < -0.39 is 0 Å². The van der Waals surface area contributed by atoms with Gasteiger partial charge in [-0.25, -0.2) is 4.98 Å². The normalized spacial score (nSPS) is 17.9. The molecule has 116 valence electrons. The van der Waals surface area contributed by atoms with Crippen LogP contribution < -0.4 is 16.0 Å². The third kappa shape index (κ3) is 3.64. The monoisotopic (exact) mass is 336 g/mol. The molecule has 0 bridgehead atoms. The van der Waals surface area contributed by atoms with Crippen LogP contribution in [0.25, 0.3) is 0 Å². The first kappa shape index (κ1) is 15.4. The highest BCUT2D eigenvalue weighted by molar-refractivity contribution is 6.35. The fraction of sp³-hybridized carbons (Fsp3) is 0.312. The molecule has 2 heterocycles. The number of hydrogen-bond acceptors (Lipinski definition) is 4. The van der Waals surface area contributed by atoms with E-state index in [1.165, 1.54) is 0 Å². The zero-order chi connectivity index (χ0) is 15.5. The fourth-order valence-corrected chi connectivity index (χ4v) is 3.11. The lowest BCUT2D eigenvalue weighted by molar-refractivity contribution is 0.551. The highest BCUT2D eigenvalue weighted by Gasteiger charge is 2.23. The van der Waals surface area contributed by atoms with Crippen molar-refractivity contribution >= 4 is 34.7 Å². The second kappa shape index (κ2) is 6.73. The number of halogens is 2. The Balaban J connectivity index is 1.56. The number of nitrogens with zero attached hydrogens (tertiary/aromatic N) is 2. The molecule has 2 aromatic rings. The number of nitrogen functional groups attached to an aromatic ring is 1. The quantitative estimate of drug-likeness (QED) is 0.899. The predicted octanol–water partition coefficient (Wildman–Crippen LogP) is 3.34. The van der Waals surface area contributed by atoms with Crippen LogP contribution in [-0.2, 0) is 6.54 Å². The number of benzene rings is 1. The topological polar surface area (TPSA) is 54.2 Å². The number of pyridine rings is 1. The number of nitrogens with one attached hydrogen (secondary N) is 1. The lowest BCUT2D eigenvalue weighted by atomic mass is 10.2. The number of anilines is 2. The van der Waals surface area contributed by atoms with Crippen LogP contribution in [0, 0.1) is 0 Å². The zero-order valence-electron chi connectivity index (χ0n) is 12.1. The maximum atomic E-state index is 6.20. The molecule has 1 aromatic heterocycles. The van der Waals surface area contributed by atoms with Crippen LogP contribution in [0.1, 0.15) is 12.0 Å². The molecule has 0 amide bonds. The van der Waals surface area contributed by atoms with Crippen LogP contribution in [0.4, 0.5) is 11.5 Å². The van der Waals surface area contributed by atoms with Gasteiger partial charge in [-0.2, -0.15) is 0 Å². The molecule has 3 rings (SSSR count). The Hall–Kier alpha value is -1.49. The molecule has 3 N–H and O–H groups in total. The van der Waals surface area contributed by atoms with Gasteiger partial charge < -0.3 is 16.0 Å². The summed E-state index contributed by atoms with van der Waals surface area (Å²) in [6, 6.07) is 9.88. The molecule has 1 atom stereocenters. The number of hydrogen-bond donors (Lipinski definition) is 2. The summed E-state index contributed by atoms with van der Waals surface area (Å²) in [6.07, 6.45) is 2.78. The molecule has 1 aromatic carbocycles. The Labute approximate surface area is 140 Å². The van der Waals surface area contributed by atoms with Gasteiger partial charge >= 0.3 is 0 Å². The van der Waals surface area contributed by atoms with Crippen LogP contribution >= 0.6 is 23.2 Å². The molecule has 1 saturated heterocycles. The number of nitrogens with two attached hydrogens (primary N) is 1. The van der Waals surface area contributed by atoms with E-state index >= 15 is 0 Å². The molecule has 0 aliphatic carbocycles. The first-order chi connectivity index (χ1) is 10.6. The molecule has 1 fully saturated rings. The first-order valence-electron chi connectivity index (χ1n) is 7.25. The van der Waals surface area contributed by atoms with Crippen LogP contribution in [0.3, 0.4) is 0 Å². The molecular formula is C16H18Cl2N4. The highest BCUT2D eigenvalue weighted by Crippen LogP contribution is 2.22. The minimum absolute atomic E-state index is 0.422. The van der Waals surface area contributed by atoms with E-state index in [2.05, 4.69) is 15.2 Å². The Morgan fingerprint density at radius 3 is 2.86 bits per heavy atom. The SMILES string of the molecule is Nc1ccc(N2CCC(NCc3ccc(Cl)cc3Cl)C2)nc1. The summed E-state index contributed by atoms with van der Waals surface area (Å²) < 4.78 is 0. The van der Waals surface area contributed by atoms with E-state index in [4.69, 9.17) is 28.9 Å². The van der Waals surface area contributed by atoms with Crippen molar-refractivity contribution in [1.82, 2.24) is 10.3 Å². The molecule has 1 aliphatic heterocycles. The minimum Gasteiger partial charge on any atom is -0.397 e. The van der Waals surface area contributed by atoms with Crippen molar-refractivity contribution in [2.45, 2.75) is 19.0 Å². The Morgan fingerprint density at radius 2 is 2.14 bits per heavy atom. The predicted molar refractivity (Wildman–Crippen MR) is 92.6 cm³/mol. The summed E-state index contributed by atoms with van der Waals surface area (Å²) in [5, 5.41) is 4.91. The minimum atomic E-state index is 0.422. The standard InChI is InChI=1S/C16H18Cl2N4/c17-12-2-1-11(15(18)7-12)8-20-14-5-6-22(10-14)16-4-3-13(19)9-21-16/h1-4,7,9,14,20H,5-6,8,10,19H2. The van der Waals surface area contributed by atoms with Gasteiger partial charge in [0, 0.05) is 35.7 Å². The van der Waals surface area contributed by atoms with Crippen molar-refractivity contribution in [1.29, 1.82) is 0 Å². The van der Waals surface area contributed by atoms with E-state index in [0.717, 1.165) is 37.4 Å².